The number of hydrogen-bond acceptors (Lipinski definition) is 7. The van der Waals surface area contributed by atoms with Gasteiger partial charge in [-0.25, -0.2) is 0 Å². The quantitative estimate of drug-likeness (QED) is 0.365. The number of carbonyl (C=O) groups excluding carboxylic acids is 5. The van der Waals surface area contributed by atoms with Crippen LogP contribution < -0.4 is 5.32 Å². The molecule has 1 atom stereocenters. The van der Waals surface area contributed by atoms with Crippen LogP contribution in [0.2, 0.25) is 0 Å². The summed E-state index contributed by atoms with van der Waals surface area (Å²) in [5.41, 5.74) is 4.59. The van der Waals surface area contributed by atoms with Crippen molar-refractivity contribution in [2.24, 2.45) is 5.41 Å². The minimum absolute atomic E-state index is 0.0738. The van der Waals surface area contributed by atoms with Gasteiger partial charge in [0.15, 0.2) is 0 Å². The molecule has 4 heterocycles. The molecule has 3 aromatic rings. The number of nitrogens with one attached hydrogen (secondary N) is 1. The Bertz CT molecular complexity index is 1720. The van der Waals surface area contributed by atoms with E-state index in [0.717, 1.165) is 74.4 Å². The molecule has 7 rings (SSSR count). The summed E-state index contributed by atoms with van der Waals surface area (Å²) in [5.74, 6) is -1.94. The summed E-state index contributed by atoms with van der Waals surface area (Å²) in [4.78, 5) is 69.1. The van der Waals surface area contributed by atoms with E-state index >= 15 is 0 Å². The highest BCUT2D eigenvalue weighted by Gasteiger charge is 2.45. The lowest BCUT2D eigenvalue weighted by Gasteiger charge is -2.47. The topological polar surface area (TPSA) is 116 Å². The van der Waals surface area contributed by atoms with Crippen LogP contribution in [0.25, 0.3) is 11.1 Å². The van der Waals surface area contributed by atoms with Crippen LogP contribution in [0.3, 0.4) is 0 Å². The number of benzene rings is 3. The third-order valence-electron chi connectivity index (χ3n) is 10.6. The minimum atomic E-state index is -0.992. The van der Waals surface area contributed by atoms with Crippen molar-refractivity contribution in [3.8, 4) is 11.1 Å². The van der Waals surface area contributed by atoms with Gasteiger partial charge in [-0.1, -0.05) is 66.7 Å². The van der Waals surface area contributed by atoms with E-state index in [1.165, 1.54) is 5.56 Å². The smallest absolute Gasteiger partial charge is 0.262 e. The normalized spacial score (nSPS) is 21.0. The Kier molecular flexibility index (Phi) is 8.94. The van der Waals surface area contributed by atoms with Crippen molar-refractivity contribution in [1.29, 1.82) is 0 Å². The van der Waals surface area contributed by atoms with Gasteiger partial charge in [-0.15, -0.1) is 0 Å². The van der Waals surface area contributed by atoms with Crippen LogP contribution in [0.15, 0.2) is 72.8 Å². The summed E-state index contributed by atoms with van der Waals surface area (Å²) in [6.07, 6.45) is 4.51. The van der Waals surface area contributed by atoms with Gasteiger partial charge < -0.3 is 9.64 Å². The van der Waals surface area contributed by atoms with Gasteiger partial charge in [-0.3, -0.25) is 39.1 Å². The standard InChI is InChI=1S/C38H40N4O6/c43-32-14-13-31(35(45)39-32)42-36(46)30-8-4-7-29(34(30)37(42)47)28-11-9-26(10-12-28)23-40-19-15-38(16-20-40)17-21-41(22-18-38)33(44)25-48-24-27-5-2-1-3-6-27/h1-12,31H,13-25H2,(H,39,43,45). The molecule has 4 aliphatic heterocycles. The Morgan fingerprint density at radius 1 is 0.771 bits per heavy atom. The molecule has 0 saturated carbocycles. The van der Waals surface area contributed by atoms with Crippen LogP contribution in [-0.4, -0.2) is 83.1 Å². The van der Waals surface area contributed by atoms with E-state index in [2.05, 4.69) is 22.3 Å². The van der Waals surface area contributed by atoms with Crippen molar-refractivity contribution < 1.29 is 28.7 Å². The number of likely N-dealkylation sites (tertiary alicyclic amines) is 2. The average Bonchev–Trinajstić information content (AvgIpc) is 3.36. The molecule has 4 aliphatic rings. The van der Waals surface area contributed by atoms with E-state index < -0.39 is 29.7 Å². The highest BCUT2D eigenvalue weighted by molar-refractivity contribution is 6.25. The molecule has 3 fully saturated rings. The predicted molar refractivity (Wildman–Crippen MR) is 177 cm³/mol. The molecule has 3 aromatic carbocycles. The van der Waals surface area contributed by atoms with Crippen molar-refractivity contribution in [1.82, 2.24) is 20.0 Å². The average molecular weight is 649 g/mol. The Hall–Kier alpha value is -4.67. The first-order valence-electron chi connectivity index (χ1n) is 16.9. The number of carbonyl (C=O) groups is 5. The number of rotatable bonds is 8. The van der Waals surface area contributed by atoms with Crippen molar-refractivity contribution in [3.05, 3.63) is 95.1 Å². The molecular formula is C38H40N4O6. The van der Waals surface area contributed by atoms with E-state index in [-0.39, 0.29) is 30.9 Å². The maximum absolute atomic E-state index is 13.5. The number of hydrogen-bond donors (Lipinski definition) is 1. The van der Waals surface area contributed by atoms with E-state index in [4.69, 9.17) is 4.74 Å². The van der Waals surface area contributed by atoms with Crippen molar-refractivity contribution >= 4 is 29.5 Å². The van der Waals surface area contributed by atoms with Crippen molar-refractivity contribution in [3.63, 3.8) is 0 Å². The second kappa shape index (κ2) is 13.4. The van der Waals surface area contributed by atoms with Crippen LogP contribution in [-0.2, 0) is 32.3 Å². The van der Waals surface area contributed by atoms with E-state index in [1.54, 1.807) is 12.1 Å². The first-order valence-corrected chi connectivity index (χ1v) is 16.9. The van der Waals surface area contributed by atoms with E-state index in [1.807, 2.05) is 53.4 Å². The third-order valence-corrected chi connectivity index (χ3v) is 10.6. The maximum Gasteiger partial charge on any atom is 0.262 e. The number of fused-ring (bicyclic) bond motifs is 1. The molecule has 10 nitrogen and oxygen atoms in total. The molecule has 48 heavy (non-hydrogen) atoms. The number of imide groups is 2. The fourth-order valence-electron chi connectivity index (χ4n) is 7.64. The summed E-state index contributed by atoms with van der Waals surface area (Å²) in [6, 6.07) is 22.2. The van der Waals surface area contributed by atoms with Gasteiger partial charge in [0.1, 0.15) is 12.6 Å². The van der Waals surface area contributed by atoms with Crippen LogP contribution in [0, 0.1) is 5.41 Å². The minimum Gasteiger partial charge on any atom is -0.367 e. The number of ether oxygens (including phenoxy) is 1. The summed E-state index contributed by atoms with van der Waals surface area (Å²) < 4.78 is 5.69. The lowest BCUT2D eigenvalue weighted by Crippen LogP contribution is -2.54. The van der Waals surface area contributed by atoms with Gasteiger partial charge in [-0.05, 0) is 78.9 Å². The Morgan fingerprint density at radius 2 is 1.46 bits per heavy atom. The van der Waals surface area contributed by atoms with Gasteiger partial charge in [0.05, 0.1) is 17.7 Å². The first kappa shape index (κ1) is 31.9. The predicted octanol–water partition coefficient (Wildman–Crippen LogP) is 4.18. The molecule has 0 aliphatic carbocycles. The monoisotopic (exact) mass is 648 g/mol. The Balaban J connectivity index is 0.914. The van der Waals surface area contributed by atoms with Gasteiger partial charge in [0.25, 0.3) is 11.8 Å². The molecule has 3 saturated heterocycles. The van der Waals surface area contributed by atoms with Crippen LogP contribution >= 0.6 is 0 Å². The summed E-state index contributed by atoms with van der Waals surface area (Å²) >= 11 is 0. The third kappa shape index (κ3) is 6.42. The molecule has 1 spiro atoms. The largest absolute Gasteiger partial charge is 0.367 e. The fraction of sp³-hybridized carbons (Fsp3) is 0.395. The fourth-order valence-corrected chi connectivity index (χ4v) is 7.64. The molecule has 0 aromatic heterocycles. The molecule has 0 radical (unpaired) electrons. The van der Waals surface area contributed by atoms with Crippen molar-refractivity contribution in [2.45, 2.75) is 57.7 Å². The molecule has 0 bridgehead atoms. The molecule has 5 amide bonds. The lowest BCUT2D eigenvalue weighted by molar-refractivity contribution is -0.139. The number of piperidine rings is 3. The van der Waals surface area contributed by atoms with E-state index in [9.17, 15) is 24.0 Å². The van der Waals surface area contributed by atoms with Gasteiger partial charge >= 0.3 is 0 Å². The summed E-state index contributed by atoms with van der Waals surface area (Å²) in [7, 11) is 0. The zero-order valence-electron chi connectivity index (χ0n) is 27.0. The number of amides is 5. The Labute approximate surface area is 280 Å². The van der Waals surface area contributed by atoms with Crippen LogP contribution in [0.4, 0.5) is 0 Å². The molecule has 1 unspecified atom stereocenters. The highest BCUT2D eigenvalue weighted by Crippen LogP contribution is 2.42. The van der Waals surface area contributed by atoms with Crippen LogP contribution in [0.1, 0.15) is 70.4 Å². The lowest BCUT2D eigenvalue weighted by atomic mass is 9.71. The van der Waals surface area contributed by atoms with Gasteiger partial charge in [-0.2, -0.15) is 0 Å². The molecule has 1 N–H and O–H groups in total. The summed E-state index contributed by atoms with van der Waals surface area (Å²) in [5, 5.41) is 2.25. The van der Waals surface area contributed by atoms with Crippen LogP contribution in [0.5, 0.6) is 0 Å². The zero-order valence-corrected chi connectivity index (χ0v) is 27.0. The van der Waals surface area contributed by atoms with Gasteiger partial charge in [0, 0.05) is 26.1 Å². The molecule has 248 valence electrons. The van der Waals surface area contributed by atoms with Gasteiger partial charge in [0.2, 0.25) is 17.7 Å². The van der Waals surface area contributed by atoms with Crippen molar-refractivity contribution in [2.75, 3.05) is 32.8 Å². The maximum atomic E-state index is 13.5. The second-order valence-corrected chi connectivity index (χ2v) is 13.5. The second-order valence-electron chi connectivity index (χ2n) is 13.5. The van der Waals surface area contributed by atoms with E-state index in [0.29, 0.717) is 23.1 Å². The number of nitrogens with zero attached hydrogens (tertiary/aromatic N) is 3. The summed E-state index contributed by atoms with van der Waals surface area (Å²) in [6.45, 7) is 4.99. The first-order chi connectivity index (χ1) is 23.3. The molecular weight excluding hydrogens is 608 g/mol. The SMILES string of the molecule is O=C1CCC(N2C(=O)c3cccc(-c4ccc(CN5CCC6(CC5)CCN(C(=O)COCc5ccccc5)CC6)cc4)c3C2=O)C(=O)N1. The zero-order chi connectivity index (χ0) is 33.3. The Morgan fingerprint density at radius 3 is 2.17 bits per heavy atom. The highest BCUT2D eigenvalue weighted by atomic mass is 16.5. The molecule has 10 heteroatoms.